The van der Waals surface area contributed by atoms with Gasteiger partial charge in [-0.1, -0.05) is 25.3 Å². The van der Waals surface area contributed by atoms with Gasteiger partial charge in [-0.25, -0.2) is 4.79 Å². The van der Waals surface area contributed by atoms with Gasteiger partial charge in [-0.3, -0.25) is 0 Å². The number of urea groups is 1. The molecule has 1 fully saturated rings. The molecule has 0 aliphatic heterocycles. The molecular formula is C16H26N2O2S. The third kappa shape index (κ3) is 4.45. The van der Waals surface area contributed by atoms with Crippen molar-refractivity contribution >= 4 is 17.4 Å². The lowest BCUT2D eigenvalue weighted by Gasteiger charge is -2.37. The molecule has 0 unspecified atom stereocenters. The van der Waals surface area contributed by atoms with Crippen molar-refractivity contribution < 1.29 is 9.90 Å². The molecule has 2 rings (SSSR count). The van der Waals surface area contributed by atoms with Crippen LogP contribution in [-0.2, 0) is 5.41 Å². The quantitative estimate of drug-likeness (QED) is 0.756. The van der Waals surface area contributed by atoms with Gasteiger partial charge in [0.25, 0.3) is 0 Å². The number of thiophene rings is 1. The van der Waals surface area contributed by atoms with Crippen LogP contribution in [0.2, 0.25) is 0 Å². The van der Waals surface area contributed by atoms with Crippen molar-refractivity contribution in [3.63, 3.8) is 0 Å². The highest BCUT2D eigenvalue weighted by molar-refractivity contribution is 7.10. The maximum atomic E-state index is 12.0. The first kappa shape index (κ1) is 16.3. The van der Waals surface area contributed by atoms with E-state index in [9.17, 15) is 4.79 Å². The Bertz CT molecular complexity index is 427. The van der Waals surface area contributed by atoms with Crippen molar-refractivity contribution in [1.82, 2.24) is 10.6 Å². The molecule has 0 saturated heterocycles. The normalized spacial score (nSPS) is 19.0. The van der Waals surface area contributed by atoms with E-state index < -0.39 is 0 Å². The van der Waals surface area contributed by atoms with Crippen molar-refractivity contribution in [2.75, 3.05) is 13.2 Å². The van der Waals surface area contributed by atoms with Crippen molar-refractivity contribution in [2.24, 2.45) is 0 Å². The minimum atomic E-state index is -0.127. The van der Waals surface area contributed by atoms with Crippen molar-refractivity contribution in [3.05, 3.63) is 22.4 Å². The van der Waals surface area contributed by atoms with Crippen LogP contribution < -0.4 is 10.6 Å². The van der Waals surface area contributed by atoms with E-state index in [4.69, 9.17) is 5.11 Å². The highest BCUT2D eigenvalue weighted by atomic mass is 32.1. The van der Waals surface area contributed by atoms with E-state index in [1.165, 1.54) is 24.1 Å². The third-order valence-electron chi connectivity index (χ3n) is 4.38. The average molecular weight is 310 g/mol. The van der Waals surface area contributed by atoms with Gasteiger partial charge < -0.3 is 15.7 Å². The van der Waals surface area contributed by atoms with E-state index in [1.54, 1.807) is 11.3 Å². The van der Waals surface area contributed by atoms with Crippen LogP contribution in [0.25, 0.3) is 0 Å². The number of nitrogens with one attached hydrogen (secondary N) is 2. The van der Waals surface area contributed by atoms with Gasteiger partial charge in [0.15, 0.2) is 0 Å². The zero-order valence-corrected chi connectivity index (χ0v) is 13.5. The number of aliphatic hydroxyl groups is 1. The van der Waals surface area contributed by atoms with Gasteiger partial charge in [-0.2, -0.15) is 0 Å². The largest absolute Gasteiger partial charge is 0.396 e. The van der Waals surface area contributed by atoms with E-state index in [-0.39, 0.29) is 24.1 Å². The molecule has 0 spiro atoms. The van der Waals surface area contributed by atoms with E-state index in [0.717, 1.165) is 12.8 Å². The molecule has 0 aromatic carbocycles. The second kappa shape index (κ2) is 7.80. The van der Waals surface area contributed by atoms with Crippen LogP contribution >= 0.6 is 11.3 Å². The topological polar surface area (TPSA) is 61.4 Å². The summed E-state index contributed by atoms with van der Waals surface area (Å²) < 4.78 is 0. The molecule has 21 heavy (non-hydrogen) atoms. The Morgan fingerprint density at radius 1 is 1.43 bits per heavy atom. The molecule has 1 aliphatic rings. The molecular weight excluding hydrogens is 284 g/mol. The summed E-state index contributed by atoms with van der Waals surface area (Å²) >= 11 is 1.80. The zero-order valence-electron chi connectivity index (χ0n) is 12.7. The SMILES string of the molecule is C[C@H](CCO)NC(=O)NCC1(c2cccs2)CCCCC1. The van der Waals surface area contributed by atoms with Gasteiger partial charge in [0.1, 0.15) is 0 Å². The van der Waals surface area contributed by atoms with Gasteiger partial charge in [-0.05, 0) is 37.6 Å². The average Bonchev–Trinajstić information content (AvgIpc) is 3.01. The van der Waals surface area contributed by atoms with Crippen LogP contribution in [-0.4, -0.2) is 30.3 Å². The first-order valence-corrected chi connectivity index (χ1v) is 8.73. The Hall–Kier alpha value is -1.07. The minimum Gasteiger partial charge on any atom is -0.396 e. The van der Waals surface area contributed by atoms with E-state index in [2.05, 4.69) is 28.1 Å². The predicted octanol–water partition coefficient (Wildman–Crippen LogP) is 3.02. The van der Waals surface area contributed by atoms with Crippen LogP contribution in [0.3, 0.4) is 0 Å². The van der Waals surface area contributed by atoms with Gasteiger partial charge in [0.05, 0.1) is 0 Å². The van der Waals surface area contributed by atoms with Crippen LogP contribution in [0.15, 0.2) is 17.5 Å². The maximum Gasteiger partial charge on any atom is 0.315 e. The van der Waals surface area contributed by atoms with Gasteiger partial charge in [-0.15, -0.1) is 11.3 Å². The Kier molecular flexibility index (Phi) is 6.06. The number of carbonyl (C=O) groups excluding carboxylic acids is 1. The Labute approximate surface area is 131 Å². The van der Waals surface area contributed by atoms with E-state index >= 15 is 0 Å². The summed E-state index contributed by atoms with van der Waals surface area (Å²) in [6, 6.07) is 4.17. The summed E-state index contributed by atoms with van der Waals surface area (Å²) in [5, 5.41) is 16.9. The molecule has 1 aromatic heterocycles. The Morgan fingerprint density at radius 2 is 2.19 bits per heavy atom. The number of carbonyl (C=O) groups is 1. The summed E-state index contributed by atoms with van der Waals surface area (Å²) in [7, 11) is 0. The summed E-state index contributed by atoms with van der Waals surface area (Å²) in [6.45, 7) is 2.71. The molecule has 1 aromatic rings. The molecule has 1 saturated carbocycles. The first-order chi connectivity index (χ1) is 10.2. The lowest BCUT2D eigenvalue weighted by molar-refractivity contribution is 0.222. The number of hydrogen-bond acceptors (Lipinski definition) is 3. The molecule has 5 heteroatoms. The van der Waals surface area contributed by atoms with Crippen LogP contribution in [0.4, 0.5) is 4.79 Å². The number of rotatable bonds is 6. The molecule has 1 heterocycles. The number of aliphatic hydroxyl groups excluding tert-OH is 1. The number of amides is 2. The lowest BCUT2D eigenvalue weighted by Crippen LogP contribution is -2.47. The molecule has 118 valence electrons. The van der Waals surface area contributed by atoms with Crippen LogP contribution in [0.1, 0.15) is 50.3 Å². The smallest absolute Gasteiger partial charge is 0.315 e. The first-order valence-electron chi connectivity index (χ1n) is 7.85. The van der Waals surface area contributed by atoms with Crippen molar-refractivity contribution in [3.8, 4) is 0 Å². The van der Waals surface area contributed by atoms with Crippen molar-refractivity contribution in [1.29, 1.82) is 0 Å². The number of hydrogen-bond donors (Lipinski definition) is 3. The van der Waals surface area contributed by atoms with Crippen molar-refractivity contribution in [2.45, 2.75) is 56.9 Å². The molecule has 3 N–H and O–H groups in total. The summed E-state index contributed by atoms with van der Waals surface area (Å²) in [5.74, 6) is 0. The standard InChI is InChI=1S/C16H26N2O2S/c1-13(7-10-19)18-15(20)17-12-16(8-3-2-4-9-16)14-6-5-11-21-14/h5-6,11,13,19H,2-4,7-10,12H2,1H3,(H2,17,18,20)/t13-/m1/s1. The molecule has 2 amide bonds. The summed E-state index contributed by atoms with van der Waals surface area (Å²) in [6.07, 6.45) is 6.67. The molecule has 1 atom stereocenters. The third-order valence-corrected chi connectivity index (χ3v) is 5.50. The summed E-state index contributed by atoms with van der Waals surface area (Å²) in [4.78, 5) is 13.4. The van der Waals surface area contributed by atoms with Crippen LogP contribution in [0, 0.1) is 0 Å². The molecule has 4 nitrogen and oxygen atoms in total. The minimum absolute atomic E-state index is 0.000886. The predicted molar refractivity (Wildman–Crippen MR) is 86.8 cm³/mol. The van der Waals surface area contributed by atoms with Gasteiger partial charge in [0, 0.05) is 29.5 Å². The maximum absolute atomic E-state index is 12.0. The summed E-state index contributed by atoms with van der Waals surface area (Å²) in [5.41, 5.74) is 0.115. The highest BCUT2D eigenvalue weighted by Crippen LogP contribution is 2.40. The fourth-order valence-corrected chi connectivity index (χ4v) is 4.10. The van der Waals surface area contributed by atoms with E-state index in [0.29, 0.717) is 13.0 Å². The van der Waals surface area contributed by atoms with Gasteiger partial charge in [0.2, 0.25) is 0 Å². The second-order valence-corrected chi connectivity index (χ2v) is 7.01. The monoisotopic (exact) mass is 310 g/mol. The van der Waals surface area contributed by atoms with Gasteiger partial charge >= 0.3 is 6.03 Å². The van der Waals surface area contributed by atoms with Crippen LogP contribution in [0.5, 0.6) is 0 Å². The Morgan fingerprint density at radius 3 is 2.81 bits per heavy atom. The molecule has 1 aliphatic carbocycles. The lowest BCUT2D eigenvalue weighted by atomic mass is 9.73. The van der Waals surface area contributed by atoms with E-state index in [1.807, 2.05) is 6.92 Å². The molecule has 0 bridgehead atoms. The fourth-order valence-electron chi connectivity index (χ4n) is 3.11. The zero-order chi connectivity index (χ0) is 15.1. The highest BCUT2D eigenvalue weighted by Gasteiger charge is 2.35. The fraction of sp³-hybridized carbons (Fsp3) is 0.688. The Balaban J connectivity index is 1.92. The molecule has 0 radical (unpaired) electrons. The second-order valence-electron chi connectivity index (χ2n) is 6.06.